The Balaban J connectivity index is 2.42. The predicted molar refractivity (Wildman–Crippen MR) is 86.0 cm³/mol. The maximum absolute atomic E-state index is 12.2. The summed E-state index contributed by atoms with van der Waals surface area (Å²) >= 11 is 5.86. The van der Waals surface area contributed by atoms with Gasteiger partial charge in [-0.1, -0.05) is 17.7 Å². The Morgan fingerprint density at radius 1 is 1.29 bits per heavy atom. The monoisotopic (exact) mass is 334 g/mol. The van der Waals surface area contributed by atoms with E-state index < -0.39 is 10.2 Å². The summed E-state index contributed by atoms with van der Waals surface area (Å²) in [7, 11) is -0.241. The van der Waals surface area contributed by atoms with Gasteiger partial charge >= 0.3 is 0 Å². The van der Waals surface area contributed by atoms with Gasteiger partial charge in [-0.05, 0) is 38.5 Å². The summed E-state index contributed by atoms with van der Waals surface area (Å²) < 4.78 is 32.6. The van der Waals surface area contributed by atoms with Crippen molar-refractivity contribution in [3.05, 3.63) is 29.3 Å². The molecule has 1 aromatic rings. The third-order valence-corrected chi connectivity index (χ3v) is 5.52. The molecule has 1 aromatic carbocycles. The highest BCUT2D eigenvalue weighted by atomic mass is 35.5. The van der Waals surface area contributed by atoms with Gasteiger partial charge in [0.05, 0.1) is 6.61 Å². The first-order valence-corrected chi connectivity index (χ1v) is 8.60. The van der Waals surface area contributed by atoms with Gasteiger partial charge in [-0.3, -0.25) is 0 Å². The summed E-state index contributed by atoms with van der Waals surface area (Å²) in [5.41, 5.74) is 0. The Morgan fingerprint density at radius 3 is 2.52 bits per heavy atom. The molecule has 0 aliphatic heterocycles. The molecular formula is C14H23ClN2O3S. The Bertz CT molecular complexity index is 549. The van der Waals surface area contributed by atoms with Crippen molar-refractivity contribution in [1.29, 1.82) is 0 Å². The molecule has 0 heterocycles. The Labute approximate surface area is 132 Å². The van der Waals surface area contributed by atoms with Crippen LogP contribution in [0.3, 0.4) is 0 Å². The summed E-state index contributed by atoms with van der Waals surface area (Å²) in [6.45, 7) is 4.52. The lowest BCUT2D eigenvalue weighted by Gasteiger charge is -2.26. The molecular weight excluding hydrogens is 312 g/mol. The number of hydrogen-bond acceptors (Lipinski definition) is 3. The molecule has 0 spiro atoms. The minimum absolute atomic E-state index is 0.0693. The molecule has 120 valence electrons. The number of ether oxygens (including phenoxy) is 1. The van der Waals surface area contributed by atoms with Gasteiger partial charge < -0.3 is 4.74 Å². The van der Waals surface area contributed by atoms with Gasteiger partial charge in [0.25, 0.3) is 10.2 Å². The van der Waals surface area contributed by atoms with Crippen LogP contribution in [-0.2, 0) is 10.2 Å². The highest BCUT2D eigenvalue weighted by Gasteiger charge is 2.25. The number of hydrogen-bond donors (Lipinski definition) is 0. The maximum atomic E-state index is 12.2. The van der Waals surface area contributed by atoms with Crippen LogP contribution in [0.1, 0.15) is 20.3 Å². The lowest BCUT2D eigenvalue weighted by molar-refractivity contribution is 0.289. The first-order chi connectivity index (χ1) is 9.75. The van der Waals surface area contributed by atoms with Crippen molar-refractivity contribution >= 4 is 21.8 Å². The van der Waals surface area contributed by atoms with Crippen molar-refractivity contribution in [3.8, 4) is 5.75 Å². The molecule has 0 unspecified atom stereocenters. The normalized spacial score (nSPS) is 12.4. The molecule has 0 aliphatic rings. The highest BCUT2D eigenvalue weighted by molar-refractivity contribution is 7.86. The molecule has 5 nitrogen and oxygen atoms in total. The van der Waals surface area contributed by atoms with Crippen LogP contribution < -0.4 is 4.74 Å². The molecule has 0 fully saturated rings. The zero-order chi connectivity index (χ0) is 16.0. The third kappa shape index (κ3) is 5.47. The van der Waals surface area contributed by atoms with E-state index in [4.69, 9.17) is 16.3 Å². The van der Waals surface area contributed by atoms with Crippen molar-refractivity contribution in [2.24, 2.45) is 0 Å². The van der Waals surface area contributed by atoms with E-state index >= 15 is 0 Å². The minimum Gasteiger partial charge on any atom is -0.493 e. The SMILES string of the molecule is CC(C)N(C)S(=O)(=O)N(C)CCCOc1cccc(Cl)c1. The van der Waals surface area contributed by atoms with Crippen LogP contribution in [-0.4, -0.2) is 50.3 Å². The first kappa shape index (κ1) is 18.2. The van der Waals surface area contributed by atoms with E-state index in [1.807, 2.05) is 26.0 Å². The smallest absolute Gasteiger partial charge is 0.281 e. The minimum atomic E-state index is -3.40. The average molecular weight is 335 g/mol. The molecule has 0 amide bonds. The van der Waals surface area contributed by atoms with Crippen LogP contribution in [0.15, 0.2) is 24.3 Å². The molecule has 0 saturated heterocycles. The molecule has 1 rings (SSSR count). The zero-order valence-electron chi connectivity index (χ0n) is 12.9. The van der Waals surface area contributed by atoms with Crippen LogP contribution in [0.2, 0.25) is 5.02 Å². The molecule has 21 heavy (non-hydrogen) atoms. The van der Waals surface area contributed by atoms with Crippen LogP contribution >= 0.6 is 11.6 Å². The second-order valence-corrected chi connectivity index (χ2v) is 7.63. The predicted octanol–water partition coefficient (Wildman–Crippen LogP) is 2.63. The summed E-state index contributed by atoms with van der Waals surface area (Å²) in [5, 5.41) is 0.616. The van der Waals surface area contributed by atoms with E-state index in [-0.39, 0.29) is 6.04 Å². The van der Waals surface area contributed by atoms with Gasteiger partial charge in [-0.15, -0.1) is 0 Å². The highest BCUT2D eigenvalue weighted by Crippen LogP contribution is 2.17. The first-order valence-electron chi connectivity index (χ1n) is 6.83. The standard InChI is InChI=1S/C14H23ClN2O3S/c1-12(2)17(4)21(18,19)16(3)9-6-10-20-14-8-5-7-13(15)11-14/h5,7-8,11-12H,6,9-10H2,1-4H3. The zero-order valence-corrected chi connectivity index (χ0v) is 14.5. The second-order valence-electron chi connectivity index (χ2n) is 5.10. The molecule has 0 radical (unpaired) electrons. The van der Waals surface area contributed by atoms with Crippen molar-refractivity contribution in [1.82, 2.24) is 8.61 Å². The van der Waals surface area contributed by atoms with E-state index in [1.54, 1.807) is 26.2 Å². The number of nitrogens with zero attached hydrogens (tertiary/aromatic N) is 2. The van der Waals surface area contributed by atoms with Crippen molar-refractivity contribution in [2.45, 2.75) is 26.3 Å². The molecule has 0 aromatic heterocycles. The van der Waals surface area contributed by atoms with Crippen LogP contribution in [0.25, 0.3) is 0 Å². The van der Waals surface area contributed by atoms with Gasteiger partial charge in [0.15, 0.2) is 0 Å². The van der Waals surface area contributed by atoms with E-state index in [2.05, 4.69) is 0 Å². The summed E-state index contributed by atoms with van der Waals surface area (Å²) in [6, 6.07) is 7.07. The van der Waals surface area contributed by atoms with E-state index in [9.17, 15) is 8.42 Å². The lowest BCUT2D eigenvalue weighted by atomic mass is 10.3. The summed E-state index contributed by atoms with van der Waals surface area (Å²) in [5.74, 6) is 0.687. The van der Waals surface area contributed by atoms with Gasteiger partial charge in [0, 0.05) is 31.7 Å². The Hall–Kier alpha value is -0.820. The van der Waals surface area contributed by atoms with Crippen LogP contribution in [0.5, 0.6) is 5.75 Å². The van der Waals surface area contributed by atoms with Crippen LogP contribution in [0.4, 0.5) is 0 Å². The van der Waals surface area contributed by atoms with Gasteiger partial charge in [-0.2, -0.15) is 17.0 Å². The molecule has 0 atom stereocenters. The van der Waals surface area contributed by atoms with E-state index in [0.29, 0.717) is 30.3 Å². The fourth-order valence-corrected chi connectivity index (χ4v) is 3.15. The van der Waals surface area contributed by atoms with Gasteiger partial charge in [0.1, 0.15) is 5.75 Å². The molecule has 0 saturated carbocycles. The average Bonchev–Trinajstić information content (AvgIpc) is 2.42. The molecule has 7 heteroatoms. The van der Waals surface area contributed by atoms with Gasteiger partial charge in [-0.25, -0.2) is 0 Å². The summed E-state index contributed by atoms with van der Waals surface area (Å²) in [6.07, 6.45) is 0.605. The quantitative estimate of drug-likeness (QED) is 0.687. The molecule has 0 bridgehead atoms. The van der Waals surface area contributed by atoms with Crippen molar-refractivity contribution in [3.63, 3.8) is 0 Å². The fraction of sp³-hybridized carbons (Fsp3) is 0.571. The lowest BCUT2D eigenvalue weighted by Crippen LogP contribution is -2.43. The topological polar surface area (TPSA) is 49.9 Å². The number of halogens is 1. The third-order valence-electron chi connectivity index (χ3n) is 3.17. The van der Waals surface area contributed by atoms with Gasteiger partial charge in [0.2, 0.25) is 0 Å². The molecule has 0 N–H and O–H groups in total. The fourth-order valence-electron chi connectivity index (χ4n) is 1.64. The van der Waals surface area contributed by atoms with Crippen molar-refractivity contribution in [2.75, 3.05) is 27.2 Å². The van der Waals surface area contributed by atoms with E-state index in [1.165, 1.54) is 8.61 Å². The maximum Gasteiger partial charge on any atom is 0.281 e. The van der Waals surface area contributed by atoms with E-state index in [0.717, 1.165) is 0 Å². The molecule has 0 aliphatic carbocycles. The Morgan fingerprint density at radius 2 is 1.95 bits per heavy atom. The summed E-state index contributed by atoms with van der Waals surface area (Å²) in [4.78, 5) is 0. The Kier molecular flexibility index (Phi) is 6.93. The number of rotatable bonds is 8. The second kappa shape index (κ2) is 7.98. The largest absolute Gasteiger partial charge is 0.493 e. The number of benzene rings is 1. The van der Waals surface area contributed by atoms with Crippen LogP contribution in [0, 0.1) is 0 Å². The van der Waals surface area contributed by atoms with Crippen molar-refractivity contribution < 1.29 is 13.2 Å².